The summed E-state index contributed by atoms with van der Waals surface area (Å²) >= 11 is 0. The van der Waals surface area contributed by atoms with Crippen LogP contribution in [0.3, 0.4) is 0 Å². The van der Waals surface area contributed by atoms with Gasteiger partial charge in [-0.25, -0.2) is 15.0 Å². The first-order chi connectivity index (χ1) is 21.5. The van der Waals surface area contributed by atoms with Crippen molar-refractivity contribution in [2.45, 2.75) is 26.2 Å². The predicted octanol–water partition coefficient (Wildman–Crippen LogP) is 10.5. The molecule has 3 nitrogen and oxygen atoms in total. The summed E-state index contributed by atoms with van der Waals surface area (Å²) < 4.78 is 0. The molecular weight excluding hydrogens is 534 g/mol. The van der Waals surface area contributed by atoms with Gasteiger partial charge >= 0.3 is 0 Å². The van der Waals surface area contributed by atoms with E-state index in [1.165, 1.54) is 33.0 Å². The van der Waals surface area contributed by atoms with Crippen molar-refractivity contribution in [1.82, 2.24) is 15.0 Å². The number of allylic oxidation sites excluding steroid dienone is 5. The van der Waals surface area contributed by atoms with Crippen LogP contribution in [0.25, 0.3) is 50.2 Å². The molecule has 0 atom stereocenters. The molecule has 0 fully saturated rings. The molecule has 0 bridgehead atoms. The van der Waals surface area contributed by atoms with Gasteiger partial charge in [0.1, 0.15) is 0 Å². The lowest BCUT2D eigenvalue weighted by molar-refractivity contribution is 0.641. The summed E-state index contributed by atoms with van der Waals surface area (Å²) in [6, 6.07) is 42.7. The summed E-state index contributed by atoms with van der Waals surface area (Å²) in [5, 5.41) is 2.53. The van der Waals surface area contributed by atoms with Gasteiger partial charge in [-0.05, 0) is 39.9 Å². The predicted molar refractivity (Wildman–Crippen MR) is 185 cm³/mol. The molecule has 1 aromatic heterocycles. The maximum atomic E-state index is 4.89. The van der Waals surface area contributed by atoms with Crippen molar-refractivity contribution in [1.29, 1.82) is 0 Å². The molecule has 0 amide bonds. The van der Waals surface area contributed by atoms with Crippen LogP contribution in [0.2, 0.25) is 0 Å². The molecule has 3 heteroatoms. The number of aromatic nitrogens is 3. The van der Waals surface area contributed by atoms with Gasteiger partial charge in [-0.1, -0.05) is 166 Å². The molecule has 6 rings (SSSR count). The first-order valence-corrected chi connectivity index (χ1v) is 14.9. The van der Waals surface area contributed by atoms with Crippen LogP contribution in [0.4, 0.5) is 0 Å². The van der Waals surface area contributed by atoms with Crippen molar-refractivity contribution in [3.05, 3.63) is 169 Å². The van der Waals surface area contributed by atoms with Crippen LogP contribution in [-0.2, 0) is 5.41 Å². The molecule has 0 aliphatic carbocycles. The minimum Gasteiger partial charge on any atom is -0.208 e. The average Bonchev–Trinajstić information content (AvgIpc) is 3.08. The molecule has 6 aromatic rings. The number of nitrogens with zero attached hydrogens (tertiary/aromatic N) is 3. The van der Waals surface area contributed by atoms with Crippen molar-refractivity contribution < 1.29 is 0 Å². The normalized spacial score (nSPS) is 12.1. The minimum absolute atomic E-state index is 0.193. The van der Waals surface area contributed by atoms with Crippen molar-refractivity contribution in [2.24, 2.45) is 0 Å². The van der Waals surface area contributed by atoms with Gasteiger partial charge in [-0.15, -0.1) is 0 Å². The monoisotopic (exact) mass is 569 g/mol. The van der Waals surface area contributed by atoms with E-state index in [1.54, 1.807) is 6.08 Å². The summed E-state index contributed by atoms with van der Waals surface area (Å²) in [7, 11) is 0. The molecule has 0 unspecified atom stereocenters. The first-order valence-electron chi connectivity index (χ1n) is 14.9. The highest BCUT2D eigenvalue weighted by Crippen LogP contribution is 2.35. The maximum Gasteiger partial charge on any atom is 0.164 e. The third-order valence-electron chi connectivity index (χ3n) is 8.14. The van der Waals surface area contributed by atoms with E-state index in [-0.39, 0.29) is 5.41 Å². The van der Waals surface area contributed by atoms with Crippen LogP contribution in [0.1, 0.15) is 37.7 Å². The van der Waals surface area contributed by atoms with Crippen molar-refractivity contribution >= 4 is 16.3 Å². The highest BCUT2D eigenvalue weighted by molar-refractivity contribution is 5.96. The van der Waals surface area contributed by atoms with Gasteiger partial charge in [0.2, 0.25) is 0 Å². The molecule has 5 aromatic carbocycles. The van der Waals surface area contributed by atoms with E-state index >= 15 is 0 Å². The number of benzene rings is 5. The Hall–Kier alpha value is -5.41. The van der Waals surface area contributed by atoms with Crippen molar-refractivity contribution in [3.8, 4) is 33.9 Å². The van der Waals surface area contributed by atoms with Gasteiger partial charge in [-0.3, -0.25) is 0 Å². The fourth-order valence-corrected chi connectivity index (χ4v) is 5.61. The fraction of sp³-hybridized carbons (Fsp3) is 0.0976. The average molecular weight is 570 g/mol. The zero-order valence-electron chi connectivity index (χ0n) is 25.4. The summed E-state index contributed by atoms with van der Waals surface area (Å²) in [4.78, 5) is 14.6. The number of hydrogen-bond donors (Lipinski definition) is 0. The van der Waals surface area contributed by atoms with Crippen LogP contribution >= 0.6 is 0 Å². The van der Waals surface area contributed by atoms with Gasteiger partial charge in [0.25, 0.3) is 0 Å². The zero-order valence-corrected chi connectivity index (χ0v) is 25.4. The third-order valence-corrected chi connectivity index (χ3v) is 8.14. The molecule has 0 aliphatic rings. The lowest BCUT2D eigenvalue weighted by Crippen LogP contribution is -2.18. The Bertz CT molecular complexity index is 1980. The van der Waals surface area contributed by atoms with Crippen LogP contribution in [0.5, 0.6) is 0 Å². The highest BCUT2D eigenvalue weighted by atomic mass is 15.0. The Kier molecular flexibility index (Phi) is 8.12. The lowest BCUT2D eigenvalue weighted by atomic mass is 9.77. The van der Waals surface area contributed by atoms with Crippen LogP contribution in [0.15, 0.2) is 152 Å². The Morgan fingerprint density at radius 2 is 1.18 bits per heavy atom. The van der Waals surface area contributed by atoms with E-state index in [4.69, 9.17) is 15.0 Å². The Labute approximate surface area is 260 Å². The largest absolute Gasteiger partial charge is 0.208 e. The molecule has 0 spiro atoms. The second kappa shape index (κ2) is 12.4. The molecule has 0 radical (unpaired) electrons. The van der Waals surface area contributed by atoms with Gasteiger partial charge in [0.05, 0.1) is 0 Å². The molecule has 0 saturated carbocycles. The van der Waals surface area contributed by atoms with Crippen LogP contribution in [-0.4, -0.2) is 15.0 Å². The fourth-order valence-electron chi connectivity index (χ4n) is 5.61. The first kappa shape index (κ1) is 28.7. The molecule has 1 heterocycles. The Morgan fingerprint density at radius 1 is 0.614 bits per heavy atom. The summed E-state index contributed by atoms with van der Waals surface area (Å²) in [6.07, 6.45) is 7.65. The highest BCUT2D eigenvalue weighted by Gasteiger charge is 2.23. The summed E-state index contributed by atoms with van der Waals surface area (Å²) in [5.74, 6) is 1.89. The standard InChI is InChI=1S/C41H35N3/c1-5-13-31(14-6-2)38-42-39(32-16-8-7-9-17-32)44-40(43-38)33-23-27-35(28-24-33)41(3,4)34-25-21-30(22-26-34)37-20-12-18-29-15-10-11-19-36(29)37/h5-28H,1H2,2-4H3/b14-6-,31-13+. The molecule has 0 saturated heterocycles. The van der Waals surface area contributed by atoms with E-state index in [9.17, 15) is 0 Å². The Balaban J connectivity index is 1.33. The Morgan fingerprint density at radius 3 is 1.82 bits per heavy atom. The van der Waals surface area contributed by atoms with E-state index in [2.05, 4.69) is 111 Å². The topological polar surface area (TPSA) is 38.7 Å². The molecule has 214 valence electrons. The molecule has 0 aliphatic heterocycles. The van der Waals surface area contributed by atoms with Gasteiger partial charge in [0.15, 0.2) is 17.5 Å². The lowest BCUT2D eigenvalue weighted by Gasteiger charge is -2.26. The SMILES string of the molecule is C=C/C=C(\C=C/C)c1nc(-c2ccccc2)nc(-c2ccc(C(C)(C)c3ccc(-c4cccc5ccccc45)cc3)cc2)n1. The number of fused-ring (bicyclic) bond motifs is 1. The summed E-state index contributed by atoms with van der Waals surface area (Å²) in [5.41, 5.74) is 7.53. The second-order valence-electron chi connectivity index (χ2n) is 11.3. The van der Waals surface area contributed by atoms with Crippen molar-refractivity contribution in [2.75, 3.05) is 0 Å². The zero-order chi connectivity index (χ0) is 30.5. The van der Waals surface area contributed by atoms with Gasteiger partial charge in [-0.2, -0.15) is 0 Å². The molecular formula is C41H35N3. The van der Waals surface area contributed by atoms with Gasteiger partial charge in [0, 0.05) is 22.1 Å². The van der Waals surface area contributed by atoms with E-state index in [1.807, 2.05) is 55.5 Å². The molecule has 0 N–H and O–H groups in total. The second-order valence-corrected chi connectivity index (χ2v) is 11.3. The van der Waals surface area contributed by atoms with Crippen LogP contribution < -0.4 is 0 Å². The van der Waals surface area contributed by atoms with Gasteiger partial charge < -0.3 is 0 Å². The molecule has 44 heavy (non-hydrogen) atoms. The van der Waals surface area contributed by atoms with E-state index < -0.39 is 0 Å². The maximum absolute atomic E-state index is 4.89. The number of rotatable bonds is 8. The quantitative estimate of drug-likeness (QED) is 0.171. The van der Waals surface area contributed by atoms with E-state index in [0.29, 0.717) is 17.5 Å². The minimum atomic E-state index is -0.193. The van der Waals surface area contributed by atoms with E-state index in [0.717, 1.165) is 16.7 Å². The smallest absolute Gasteiger partial charge is 0.164 e. The van der Waals surface area contributed by atoms with Crippen molar-refractivity contribution in [3.63, 3.8) is 0 Å². The van der Waals surface area contributed by atoms with Crippen LogP contribution in [0, 0.1) is 0 Å². The summed E-state index contributed by atoms with van der Waals surface area (Å²) in [6.45, 7) is 10.4. The third kappa shape index (κ3) is 5.77. The number of hydrogen-bond acceptors (Lipinski definition) is 3.